The Kier molecular flexibility index (Phi) is 5.45. The quantitative estimate of drug-likeness (QED) is 0.725. The highest BCUT2D eigenvalue weighted by Crippen LogP contribution is 2.28. The summed E-state index contributed by atoms with van der Waals surface area (Å²) in [6, 6.07) is 0.377. The van der Waals surface area contributed by atoms with Crippen LogP contribution in [-0.4, -0.2) is 34.9 Å². The Labute approximate surface area is 153 Å². The second-order valence-corrected chi connectivity index (χ2v) is 7.21. The van der Waals surface area contributed by atoms with Gasteiger partial charge in [-0.2, -0.15) is 0 Å². The maximum absolute atomic E-state index is 14.3. The second kappa shape index (κ2) is 8.14. The first-order chi connectivity index (χ1) is 12.8. The van der Waals surface area contributed by atoms with E-state index in [-0.39, 0.29) is 18.6 Å². The lowest BCUT2D eigenvalue weighted by Gasteiger charge is -2.30. The third-order valence-electron chi connectivity index (χ3n) is 5.40. The molecule has 140 valence electrons. The number of fused-ring (bicyclic) bond motifs is 1. The normalized spacial score (nSPS) is 28.4. The van der Waals surface area contributed by atoms with E-state index in [4.69, 9.17) is 4.74 Å². The van der Waals surface area contributed by atoms with Gasteiger partial charge in [-0.15, -0.1) is 0 Å². The topological polar surface area (TPSA) is 71.1 Å². The lowest BCUT2D eigenvalue weighted by Crippen LogP contribution is -2.32. The van der Waals surface area contributed by atoms with Crippen molar-refractivity contribution in [3.8, 4) is 0 Å². The van der Waals surface area contributed by atoms with Gasteiger partial charge in [-0.1, -0.05) is 24.3 Å². The number of hydrazine groups is 1. The number of allylic oxidation sites excluding steroid dienone is 4. The lowest BCUT2D eigenvalue weighted by molar-refractivity contribution is -0.0105. The molecule has 0 saturated heterocycles. The fourth-order valence-electron chi connectivity index (χ4n) is 3.81. The van der Waals surface area contributed by atoms with E-state index in [1.54, 1.807) is 6.33 Å². The number of hydrogen-bond acceptors (Lipinski definition) is 6. The SMILES string of the molecule is FC(COC1CCC(Nc2ncnc3c2CNN3)CC1)C1C=CC=CC1. The van der Waals surface area contributed by atoms with Crippen LogP contribution < -0.4 is 16.2 Å². The fraction of sp³-hybridized carbons (Fsp3) is 0.579. The van der Waals surface area contributed by atoms with Gasteiger partial charge in [0.1, 0.15) is 24.1 Å². The van der Waals surface area contributed by atoms with Crippen molar-refractivity contribution >= 4 is 11.6 Å². The van der Waals surface area contributed by atoms with Gasteiger partial charge >= 0.3 is 0 Å². The summed E-state index contributed by atoms with van der Waals surface area (Å²) in [6.07, 6.45) is 13.4. The molecule has 0 radical (unpaired) electrons. The molecule has 1 aromatic heterocycles. The van der Waals surface area contributed by atoms with Crippen LogP contribution >= 0.6 is 0 Å². The largest absolute Gasteiger partial charge is 0.375 e. The van der Waals surface area contributed by atoms with Gasteiger partial charge in [0.15, 0.2) is 0 Å². The van der Waals surface area contributed by atoms with Gasteiger partial charge < -0.3 is 15.5 Å². The number of aromatic nitrogens is 2. The van der Waals surface area contributed by atoms with Crippen LogP contribution in [0.1, 0.15) is 37.7 Å². The Bertz CT molecular complexity index is 672. The summed E-state index contributed by atoms with van der Waals surface area (Å²) in [5, 5.41) is 3.54. The van der Waals surface area contributed by atoms with Crippen LogP contribution in [0.4, 0.5) is 16.0 Å². The predicted octanol–water partition coefficient (Wildman–Crippen LogP) is 3.12. The molecule has 0 aromatic carbocycles. The van der Waals surface area contributed by atoms with Crippen molar-refractivity contribution in [1.29, 1.82) is 0 Å². The molecule has 1 saturated carbocycles. The molecule has 1 aliphatic heterocycles. The van der Waals surface area contributed by atoms with Crippen LogP contribution in [-0.2, 0) is 11.3 Å². The van der Waals surface area contributed by atoms with Crippen molar-refractivity contribution in [3.05, 3.63) is 36.2 Å². The Morgan fingerprint density at radius 1 is 1.23 bits per heavy atom. The van der Waals surface area contributed by atoms with E-state index in [0.717, 1.165) is 55.8 Å². The van der Waals surface area contributed by atoms with Crippen LogP contribution in [0.3, 0.4) is 0 Å². The number of nitrogens with zero attached hydrogens (tertiary/aromatic N) is 2. The molecule has 3 N–H and O–H groups in total. The molecule has 26 heavy (non-hydrogen) atoms. The minimum Gasteiger partial charge on any atom is -0.375 e. The molecule has 0 bridgehead atoms. The minimum absolute atomic E-state index is 0.0416. The Hall–Kier alpha value is -1.99. The highest BCUT2D eigenvalue weighted by molar-refractivity contribution is 5.59. The Balaban J connectivity index is 1.21. The highest BCUT2D eigenvalue weighted by atomic mass is 19.1. The second-order valence-electron chi connectivity index (χ2n) is 7.21. The Morgan fingerprint density at radius 3 is 2.92 bits per heavy atom. The zero-order valence-electron chi connectivity index (χ0n) is 14.8. The standard InChI is InChI=1S/C19H26FN5O/c20-17(13-4-2-1-3-5-13)11-26-15-8-6-14(7-9-15)24-18-16-10-23-25-19(16)22-12-21-18/h1-4,12-15,17,23H,5-11H2,(H2,21,22,24,25). The van der Waals surface area contributed by atoms with E-state index in [9.17, 15) is 4.39 Å². The average molecular weight is 359 g/mol. The zero-order chi connectivity index (χ0) is 17.8. The summed E-state index contributed by atoms with van der Waals surface area (Å²) in [4.78, 5) is 8.59. The maximum Gasteiger partial charge on any atom is 0.150 e. The number of nitrogens with one attached hydrogen (secondary N) is 3. The van der Waals surface area contributed by atoms with E-state index in [2.05, 4.69) is 26.1 Å². The number of rotatable bonds is 6. The number of ether oxygens (including phenoxy) is 1. The minimum atomic E-state index is -0.921. The number of anilines is 2. The summed E-state index contributed by atoms with van der Waals surface area (Å²) in [7, 11) is 0. The number of hydrogen-bond donors (Lipinski definition) is 3. The molecule has 0 amide bonds. The van der Waals surface area contributed by atoms with Gasteiger partial charge in [-0.25, -0.2) is 19.8 Å². The summed E-state index contributed by atoms with van der Waals surface area (Å²) in [5.41, 5.74) is 7.19. The number of alkyl halides is 1. The first-order valence-corrected chi connectivity index (χ1v) is 9.48. The molecule has 0 spiro atoms. The molecule has 2 unspecified atom stereocenters. The molecule has 6 nitrogen and oxygen atoms in total. The molecule has 2 aliphatic carbocycles. The molecule has 2 atom stereocenters. The van der Waals surface area contributed by atoms with Crippen LogP contribution in [0.2, 0.25) is 0 Å². The first-order valence-electron chi connectivity index (χ1n) is 9.48. The van der Waals surface area contributed by atoms with Crippen molar-refractivity contribution in [2.75, 3.05) is 17.3 Å². The van der Waals surface area contributed by atoms with Gasteiger partial charge in [0.25, 0.3) is 0 Å². The van der Waals surface area contributed by atoms with Crippen LogP contribution in [0.25, 0.3) is 0 Å². The van der Waals surface area contributed by atoms with E-state index >= 15 is 0 Å². The molecular formula is C19H26FN5O. The summed E-state index contributed by atoms with van der Waals surface area (Å²) < 4.78 is 20.2. The third kappa shape index (κ3) is 4.04. The average Bonchev–Trinajstić information content (AvgIpc) is 3.18. The monoisotopic (exact) mass is 359 g/mol. The molecular weight excluding hydrogens is 333 g/mol. The van der Waals surface area contributed by atoms with Crippen molar-refractivity contribution < 1.29 is 9.13 Å². The van der Waals surface area contributed by atoms with E-state index in [1.165, 1.54) is 0 Å². The molecule has 4 rings (SSSR count). The smallest absolute Gasteiger partial charge is 0.150 e. The van der Waals surface area contributed by atoms with Gasteiger partial charge in [0.05, 0.1) is 18.3 Å². The predicted molar refractivity (Wildman–Crippen MR) is 99.4 cm³/mol. The summed E-state index contributed by atoms with van der Waals surface area (Å²) in [5.74, 6) is 1.71. The summed E-state index contributed by atoms with van der Waals surface area (Å²) >= 11 is 0. The van der Waals surface area contributed by atoms with Gasteiger partial charge in [0.2, 0.25) is 0 Å². The van der Waals surface area contributed by atoms with Gasteiger partial charge in [0, 0.05) is 18.5 Å². The van der Waals surface area contributed by atoms with Crippen molar-refractivity contribution in [2.45, 2.75) is 57.0 Å². The number of halogens is 1. The van der Waals surface area contributed by atoms with Gasteiger partial charge in [-0.3, -0.25) is 0 Å². The van der Waals surface area contributed by atoms with E-state index in [0.29, 0.717) is 6.04 Å². The summed E-state index contributed by atoms with van der Waals surface area (Å²) in [6.45, 7) is 0.919. The van der Waals surface area contributed by atoms with Crippen molar-refractivity contribution in [3.63, 3.8) is 0 Å². The highest BCUT2D eigenvalue weighted by Gasteiger charge is 2.26. The zero-order valence-corrected chi connectivity index (χ0v) is 14.8. The van der Waals surface area contributed by atoms with Crippen LogP contribution in [0.15, 0.2) is 30.6 Å². The van der Waals surface area contributed by atoms with Crippen LogP contribution in [0, 0.1) is 5.92 Å². The van der Waals surface area contributed by atoms with Crippen molar-refractivity contribution in [1.82, 2.24) is 15.4 Å². The third-order valence-corrected chi connectivity index (χ3v) is 5.40. The van der Waals surface area contributed by atoms with Crippen molar-refractivity contribution in [2.24, 2.45) is 5.92 Å². The first kappa shape index (κ1) is 17.4. The lowest BCUT2D eigenvalue weighted by atomic mass is 9.92. The Morgan fingerprint density at radius 2 is 2.12 bits per heavy atom. The molecule has 2 heterocycles. The van der Waals surface area contributed by atoms with Gasteiger partial charge in [-0.05, 0) is 32.1 Å². The molecule has 1 aromatic rings. The molecule has 3 aliphatic rings. The van der Waals surface area contributed by atoms with E-state index in [1.807, 2.05) is 24.3 Å². The fourth-order valence-corrected chi connectivity index (χ4v) is 3.81. The molecule has 7 heteroatoms. The van der Waals surface area contributed by atoms with E-state index < -0.39 is 6.17 Å². The maximum atomic E-state index is 14.3. The molecule has 1 fully saturated rings. The van der Waals surface area contributed by atoms with Crippen LogP contribution in [0.5, 0.6) is 0 Å².